The van der Waals surface area contributed by atoms with Gasteiger partial charge >= 0.3 is 6.09 Å². The van der Waals surface area contributed by atoms with Gasteiger partial charge in [-0.15, -0.1) is 0 Å². The Morgan fingerprint density at radius 1 is 0.943 bits per heavy atom. The van der Waals surface area contributed by atoms with Gasteiger partial charge in [-0.3, -0.25) is 9.59 Å². The highest BCUT2D eigenvalue weighted by Crippen LogP contribution is 2.43. The van der Waals surface area contributed by atoms with Crippen LogP contribution in [0.25, 0.3) is 0 Å². The van der Waals surface area contributed by atoms with Gasteiger partial charge in [0.25, 0.3) is 5.91 Å². The van der Waals surface area contributed by atoms with E-state index >= 15 is 0 Å². The van der Waals surface area contributed by atoms with Gasteiger partial charge in [-0.2, -0.15) is 0 Å². The van der Waals surface area contributed by atoms with E-state index in [-0.39, 0.29) is 36.4 Å². The largest absolute Gasteiger partial charge is 0.485 e. The molecule has 3 fully saturated rings. The third-order valence-corrected chi connectivity index (χ3v) is 11.1. The Morgan fingerprint density at radius 2 is 1.66 bits per heavy atom. The first-order chi connectivity index (χ1) is 25.1. The Balaban J connectivity index is 1.24. The standard InChI is InChI=1S/C40H48Cl3N5O5/c1-23-17-33(42)36(34(43)18-23)52-28-13-15-46(21-28)35-12-8-26(20-45-35)29-14-16-47(39(51)53-40(3,4)5)22-31(29)38(50)48(27-9-10-27)24(2)30-19-25(37(49)44-6)7-11-32(30)41/h7-8,11-12,17-20,24,27-29,31H,9-10,13-16,21-22H2,1-6H3,(H,44,49)/t24?,28-,29-,31+/m0/s1. The van der Waals surface area contributed by atoms with Crippen molar-refractivity contribution in [2.24, 2.45) is 5.92 Å². The summed E-state index contributed by atoms with van der Waals surface area (Å²) in [4.78, 5) is 51.4. The molecule has 0 bridgehead atoms. The van der Waals surface area contributed by atoms with Crippen molar-refractivity contribution in [2.45, 2.75) is 90.0 Å². The van der Waals surface area contributed by atoms with Crippen LogP contribution in [-0.2, 0) is 9.53 Å². The van der Waals surface area contributed by atoms with E-state index in [0.717, 1.165) is 42.8 Å². The molecule has 2 aromatic carbocycles. The summed E-state index contributed by atoms with van der Waals surface area (Å²) in [5.74, 6) is 0.280. The van der Waals surface area contributed by atoms with Crippen LogP contribution < -0.4 is 15.0 Å². The van der Waals surface area contributed by atoms with E-state index in [2.05, 4.69) is 10.2 Å². The number of halogens is 3. The zero-order valence-corrected chi connectivity index (χ0v) is 33.4. The van der Waals surface area contributed by atoms with Gasteiger partial charge in [-0.05, 0) is 107 Å². The number of pyridine rings is 1. The van der Waals surface area contributed by atoms with Crippen molar-refractivity contribution in [1.82, 2.24) is 20.1 Å². The number of likely N-dealkylation sites (tertiary alicyclic amines) is 1. The minimum Gasteiger partial charge on any atom is -0.485 e. The van der Waals surface area contributed by atoms with Gasteiger partial charge in [0.05, 0.1) is 28.5 Å². The number of nitrogens with one attached hydrogen (secondary N) is 1. The molecule has 10 nitrogen and oxygen atoms in total. The fraction of sp³-hybridized carbons (Fsp3) is 0.500. The highest BCUT2D eigenvalue weighted by Gasteiger charge is 2.45. The molecule has 284 valence electrons. The molecule has 3 amide bonds. The molecule has 6 rings (SSSR count). The summed E-state index contributed by atoms with van der Waals surface area (Å²) in [5, 5.41) is 4.14. The van der Waals surface area contributed by atoms with Gasteiger partial charge in [-0.25, -0.2) is 9.78 Å². The molecule has 0 spiro atoms. The van der Waals surface area contributed by atoms with E-state index in [4.69, 9.17) is 49.3 Å². The number of anilines is 1. The predicted molar refractivity (Wildman–Crippen MR) is 208 cm³/mol. The third-order valence-electron chi connectivity index (χ3n) is 10.2. The number of amides is 3. The molecule has 3 aliphatic rings. The number of carbonyl (C=O) groups excluding carboxylic acids is 3. The zero-order valence-electron chi connectivity index (χ0n) is 31.1. The summed E-state index contributed by atoms with van der Waals surface area (Å²) in [6.45, 7) is 11.4. The van der Waals surface area contributed by atoms with E-state index in [9.17, 15) is 14.4 Å². The SMILES string of the molecule is CNC(=O)c1ccc(Cl)c(C(C)N(C(=O)[C@@H]2CN(C(=O)OC(C)(C)C)CC[C@H]2c2ccc(N3CC[C@H](Oc4c(Cl)cc(C)cc4Cl)C3)nc2)C2CC2)c1. The number of piperidine rings is 1. The maximum absolute atomic E-state index is 14.9. The first kappa shape index (κ1) is 39.0. The average molecular weight is 785 g/mol. The van der Waals surface area contributed by atoms with Crippen LogP contribution >= 0.6 is 34.8 Å². The van der Waals surface area contributed by atoms with Gasteiger partial charge in [0.1, 0.15) is 17.5 Å². The van der Waals surface area contributed by atoms with Gasteiger partial charge in [-0.1, -0.05) is 40.9 Å². The van der Waals surface area contributed by atoms with Crippen LogP contribution in [0.3, 0.4) is 0 Å². The second-order valence-electron chi connectivity index (χ2n) is 15.4. The van der Waals surface area contributed by atoms with Crippen LogP contribution in [0.4, 0.5) is 10.6 Å². The third kappa shape index (κ3) is 8.98. The Kier molecular flexibility index (Phi) is 11.7. The molecule has 0 radical (unpaired) electrons. The molecule has 3 heterocycles. The lowest BCUT2D eigenvalue weighted by atomic mass is 9.79. The van der Waals surface area contributed by atoms with E-state index in [1.54, 1.807) is 30.1 Å². The lowest BCUT2D eigenvalue weighted by Gasteiger charge is -2.42. The lowest BCUT2D eigenvalue weighted by Crippen LogP contribution is -2.51. The number of hydrogen-bond donors (Lipinski definition) is 1. The van der Waals surface area contributed by atoms with Crippen LogP contribution in [0.5, 0.6) is 5.75 Å². The van der Waals surface area contributed by atoms with Crippen molar-refractivity contribution in [3.05, 3.63) is 86.0 Å². The van der Waals surface area contributed by atoms with E-state index in [1.807, 2.05) is 70.0 Å². The van der Waals surface area contributed by atoms with E-state index in [1.165, 1.54) is 0 Å². The summed E-state index contributed by atoms with van der Waals surface area (Å²) in [7, 11) is 1.58. The fourth-order valence-corrected chi connectivity index (χ4v) is 8.39. The molecular weight excluding hydrogens is 737 g/mol. The van der Waals surface area contributed by atoms with Crippen LogP contribution in [0.2, 0.25) is 15.1 Å². The summed E-state index contributed by atoms with van der Waals surface area (Å²) in [5.41, 5.74) is 2.40. The van der Waals surface area contributed by atoms with Gasteiger partial charge in [0.2, 0.25) is 5.91 Å². The van der Waals surface area contributed by atoms with Crippen LogP contribution in [0.1, 0.15) is 92.4 Å². The zero-order chi connectivity index (χ0) is 38.2. The molecule has 1 aromatic heterocycles. The van der Waals surface area contributed by atoms with Crippen LogP contribution in [0, 0.1) is 12.8 Å². The lowest BCUT2D eigenvalue weighted by molar-refractivity contribution is -0.141. The molecular formula is C40H48Cl3N5O5. The predicted octanol–water partition coefficient (Wildman–Crippen LogP) is 8.46. The molecule has 53 heavy (non-hydrogen) atoms. The highest BCUT2D eigenvalue weighted by atomic mass is 35.5. The monoisotopic (exact) mass is 783 g/mol. The normalized spacial score (nSPS) is 20.9. The fourth-order valence-electron chi connectivity index (χ4n) is 7.43. The number of rotatable bonds is 9. The number of hydrogen-bond acceptors (Lipinski definition) is 7. The van der Waals surface area contributed by atoms with Crippen LogP contribution in [-0.4, -0.2) is 83.7 Å². The topological polar surface area (TPSA) is 104 Å². The number of benzene rings is 2. The Labute approximate surface area is 327 Å². The van der Waals surface area contributed by atoms with Gasteiger partial charge < -0.3 is 29.5 Å². The Hall–Kier alpha value is -3.73. The second-order valence-corrected chi connectivity index (χ2v) is 16.6. The maximum atomic E-state index is 14.9. The highest BCUT2D eigenvalue weighted by molar-refractivity contribution is 6.37. The van der Waals surface area contributed by atoms with Crippen LogP contribution in [0.15, 0.2) is 48.7 Å². The van der Waals surface area contributed by atoms with Gasteiger partial charge in [0.15, 0.2) is 5.75 Å². The van der Waals surface area contributed by atoms with Crippen molar-refractivity contribution in [3.63, 3.8) is 0 Å². The summed E-state index contributed by atoms with van der Waals surface area (Å²) >= 11 is 19.6. The molecule has 1 aliphatic carbocycles. The average Bonchev–Trinajstić information content (AvgIpc) is 3.84. The number of aryl methyl sites for hydroxylation is 1. The summed E-state index contributed by atoms with van der Waals surface area (Å²) < 4.78 is 12.0. The molecule has 4 atom stereocenters. The van der Waals surface area contributed by atoms with Crippen molar-refractivity contribution >= 4 is 58.5 Å². The Bertz CT molecular complexity index is 1820. The summed E-state index contributed by atoms with van der Waals surface area (Å²) in [6.07, 6.45) is 4.41. The molecule has 1 N–H and O–H groups in total. The Morgan fingerprint density at radius 3 is 2.28 bits per heavy atom. The van der Waals surface area contributed by atoms with E-state index < -0.39 is 23.7 Å². The van der Waals surface area contributed by atoms with Crippen molar-refractivity contribution < 1.29 is 23.9 Å². The summed E-state index contributed by atoms with van der Waals surface area (Å²) in [6, 6.07) is 12.5. The number of carbonyl (C=O) groups is 3. The van der Waals surface area contributed by atoms with Crippen molar-refractivity contribution in [3.8, 4) is 5.75 Å². The molecule has 2 aliphatic heterocycles. The molecule has 3 aromatic rings. The van der Waals surface area contributed by atoms with Gasteiger partial charge in [0, 0.05) is 61.8 Å². The van der Waals surface area contributed by atoms with Crippen molar-refractivity contribution in [1.29, 1.82) is 0 Å². The molecule has 1 saturated carbocycles. The number of ether oxygens (including phenoxy) is 2. The van der Waals surface area contributed by atoms with Crippen molar-refractivity contribution in [2.75, 3.05) is 38.1 Å². The smallest absolute Gasteiger partial charge is 0.410 e. The number of aromatic nitrogens is 1. The van der Waals surface area contributed by atoms with E-state index in [0.29, 0.717) is 51.5 Å². The second kappa shape index (κ2) is 15.9. The first-order valence-electron chi connectivity index (χ1n) is 18.3. The maximum Gasteiger partial charge on any atom is 0.410 e. The minimum absolute atomic E-state index is 0.0327. The minimum atomic E-state index is -0.674. The molecule has 13 heteroatoms. The first-order valence-corrected chi connectivity index (χ1v) is 19.4. The molecule has 1 unspecified atom stereocenters. The quantitative estimate of drug-likeness (QED) is 0.232. The molecule has 2 saturated heterocycles. The number of nitrogens with zero attached hydrogens (tertiary/aromatic N) is 4.